The van der Waals surface area contributed by atoms with E-state index in [-0.39, 0.29) is 12.5 Å². The van der Waals surface area contributed by atoms with Gasteiger partial charge in [0.05, 0.1) is 11.0 Å². The third kappa shape index (κ3) is 4.83. The van der Waals surface area contributed by atoms with Gasteiger partial charge in [-0.1, -0.05) is 0 Å². The van der Waals surface area contributed by atoms with Crippen LogP contribution >= 0.6 is 11.3 Å². The Kier molecular flexibility index (Phi) is 4.84. The van der Waals surface area contributed by atoms with Crippen LogP contribution in [-0.4, -0.2) is 23.0 Å². The van der Waals surface area contributed by atoms with E-state index in [0.29, 0.717) is 0 Å². The van der Waals surface area contributed by atoms with Crippen LogP contribution in [-0.2, 0) is 9.53 Å². The summed E-state index contributed by atoms with van der Waals surface area (Å²) < 4.78 is 5.16. The second-order valence-electron chi connectivity index (χ2n) is 4.88. The molecule has 100 valence electrons. The molecular weight excluding hydrogens is 252 g/mol. The van der Waals surface area contributed by atoms with Crippen LogP contribution in [0.5, 0.6) is 0 Å². The van der Waals surface area contributed by atoms with Gasteiger partial charge in [-0.25, -0.2) is 9.78 Å². The fourth-order valence-electron chi connectivity index (χ4n) is 1.33. The summed E-state index contributed by atoms with van der Waals surface area (Å²) in [5.74, 6) is 0. The zero-order valence-electron chi connectivity index (χ0n) is 11.0. The number of alkyl carbamates (subject to hydrolysis) is 1. The quantitative estimate of drug-likeness (QED) is 0.854. The van der Waals surface area contributed by atoms with Crippen molar-refractivity contribution in [1.29, 1.82) is 0 Å². The lowest BCUT2D eigenvalue weighted by atomic mass is 10.2. The van der Waals surface area contributed by atoms with Crippen molar-refractivity contribution >= 4 is 23.7 Å². The number of nitrogens with one attached hydrogen (secondary N) is 1. The highest BCUT2D eigenvalue weighted by atomic mass is 32.1. The zero-order chi connectivity index (χ0) is 13.8. The lowest BCUT2D eigenvalue weighted by Crippen LogP contribution is -2.34. The van der Waals surface area contributed by atoms with Crippen LogP contribution in [0.25, 0.3) is 0 Å². The molecule has 1 N–H and O–H groups in total. The molecule has 6 heteroatoms. The summed E-state index contributed by atoms with van der Waals surface area (Å²) in [6.45, 7) is 7.24. The van der Waals surface area contributed by atoms with Crippen molar-refractivity contribution in [2.45, 2.75) is 45.8 Å². The smallest absolute Gasteiger partial charge is 0.408 e. The molecule has 1 heterocycles. The van der Waals surface area contributed by atoms with E-state index in [4.69, 9.17) is 4.74 Å². The van der Waals surface area contributed by atoms with E-state index < -0.39 is 11.7 Å². The SMILES string of the molecule is Cc1ncc([C@@H](CC=O)NC(=O)OC(C)(C)C)s1. The van der Waals surface area contributed by atoms with E-state index >= 15 is 0 Å². The van der Waals surface area contributed by atoms with Crippen molar-refractivity contribution in [3.63, 3.8) is 0 Å². The van der Waals surface area contributed by atoms with Gasteiger partial charge in [-0.2, -0.15) is 0 Å². The second kappa shape index (κ2) is 5.95. The summed E-state index contributed by atoms with van der Waals surface area (Å²) in [5.41, 5.74) is -0.556. The molecule has 1 amide bonds. The minimum atomic E-state index is -0.556. The van der Waals surface area contributed by atoms with Crippen molar-refractivity contribution < 1.29 is 14.3 Å². The molecule has 1 rings (SSSR count). The van der Waals surface area contributed by atoms with Gasteiger partial charge in [-0.15, -0.1) is 11.3 Å². The molecule has 0 fully saturated rings. The molecule has 1 aromatic heterocycles. The Hall–Kier alpha value is -1.43. The van der Waals surface area contributed by atoms with Gasteiger partial charge >= 0.3 is 6.09 Å². The van der Waals surface area contributed by atoms with E-state index in [1.54, 1.807) is 27.0 Å². The number of aldehydes is 1. The Bertz CT molecular complexity index is 423. The lowest BCUT2D eigenvalue weighted by Gasteiger charge is -2.22. The number of aryl methyl sites for hydroxylation is 1. The average Bonchev–Trinajstić information content (AvgIpc) is 2.61. The van der Waals surface area contributed by atoms with Crippen molar-refractivity contribution in [3.8, 4) is 0 Å². The zero-order valence-corrected chi connectivity index (χ0v) is 11.8. The molecule has 0 saturated carbocycles. The van der Waals surface area contributed by atoms with E-state index in [9.17, 15) is 9.59 Å². The molecule has 0 aliphatic heterocycles. The van der Waals surface area contributed by atoms with Crippen LogP contribution in [0.2, 0.25) is 0 Å². The van der Waals surface area contributed by atoms with E-state index in [2.05, 4.69) is 10.3 Å². The minimum Gasteiger partial charge on any atom is -0.444 e. The van der Waals surface area contributed by atoms with Gasteiger partial charge in [0, 0.05) is 17.5 Å². The number of ether oxygens (including phenoxy) is 1. The summed E-state index contributed by atoms with van der Waals surface area (Å²) in [6, 6.07) is -0.372. The number of hydrogen-bond acceptors (Lipinski definition) is 5. The van der Waals surface area contributed by atoms with Crippen LogP contribution in [0, 0.1) is 6.92 Å². The third-order valence-electron chi connectivity index (χ3n) is 2.01. The summed E-state index contributed by atoms with van der Waals surface area (Å²) in [7, 11) is 0. The van der Waals surface area contributed by atoms with Crippen molar-refractivity contribution in [1.82, 2.24) is 10.3 Å². The van der Waals surface area contributed by atoms with Gasteiger partial charge < -0.3 is 14.8 Å². The Labute approximate surface area is 111 Å². The highest BCUT2D eigenvalue weighted by molar-refractivity contribution is 7.11. The van der Waals surface area contributed by atoms with Crippen LogP contribution in [0.4, 0.5) is 4.79 Å². The first-order valence-corrected chi connectivity index (χ1v) is 6.49. The van der Waals surface area contributed by atoms with Crippen LogP contribution < -0.4 is 5.32 Å². The van der Waals surface area contributed by atoms with Crippen LogP contribution in [0.1, 0.15) is 43.1 Å². The number of carbonyl (C=O) groups is 2. The average molecular weight is 270 g/mol. The molecule has 0 spiro atoms. The lowest BCUT2D eigenvalue weighted by molar-refractivity contribution is -0.108. The first-order valence-electron chi connectivity index (χ1n) is 5.67. The molecular formula is C12H18N2O3S. The number of carbonyl (C=O) groups excluding carboxylic acids is 2. The van der Waals surface area contributed by atoms with Gasteiger partial charge in [0.1, 0.15) is 11.9 Å². The van der Waals surface area contributed by atoms with Crippen LogP contribution in [0.3, 0.4) is 0 Å². The Morgan fingerprint density at radius 2 is 2.28 bits per heavy atom. The maximum atomic E-state index is 11.7. The normalized spacial score (nSPS) is 12.9. The first kappa shape index (κ1) is 14.6. The summed E-state index contributed by atoms with van der Waals surface area (Å²) in [5, 5.41) is 3.58. The van der Waals surface area contributed by atoms with Crippen LogP contribution in [0.15, 0.2) is 6.20 Å². The molecule has 0 radical (unpaired) electrons. The topological polar surface area (TPSA) is 68.3 Å². The number of amides is 1. The van der Waals surface area contributed by atoms with E-state index in [1.807, 2.05) is 6.92 Å². The van der Waals surface area contributed by atoms with Gasteiger partial charge in [-0.05, 0) is 27.7 Å². The molecule has 0 bridgehead atoms. The Morgan fingerprint density at radius 1 is 1.61 bits per heavy atom. The maximum absolute atomic E-state index is 11.7. The summed E-state index contributed by atoms with van der Waals surface area (Å²) in [6.07, 6.45) is 2.13. The predicted molar refractivity (Wildman–Crippen MR) is 69.6 cm³/mol. The molecule has 0 aromatic carbocycles. The molecule has 0 unspecified atom stereocenters. The third-order valence-corrected chi connectivity index (χ3v) is 3.03. The van der Waals surface area contributed by atoms with Crippen molar-refractivity contribution in [3.05, 3.63) is 16.1 Å². The van der Waals surface area contributed by atoms with Gasteiger partial charge in [0.25, 0.3) is 0 Å². The predicted octanol–water partition coefficient (Wildman–Crippen LogP) is 2.61. The Balaban J connectivity index is 2.69. The first-order chi connectivity index (χ1) is 8.31. The molecule has 0 saturated heterocycles. The molecule has 1 atom stereocenters. The molecule has 1 aromatic rings. The van der Waals surface area contributed by atoms with E-state index in [0.717, 1.165) is 16.2 Å². The molecule has 18 heavy (non-hydrogen) atoms. The number of thiazole rings is 1. The standard InChI is InChI=1S/C12H18N2O3S/c1-8-13-7-10(18-8)9(5-6-15)14-11(16)17-12(2,3)4/h6-7,9H,5H2,1-4H3,(H,14,16)/t9-/m1/s1. The Morgan fingerprint density at radius 3 is 2.72 bits per heavy atom. The second-order valence-corrected chi connectivity index (χ2v) is 6.15. The fraction of sp³-hybridized carbons (Fsp3) is 0.583. The number of hydrogen-bond donors (Lipinski definition) is 1. The number of aromatic nitrogens is 1. The molecule has 0 aliphatic carbocycles. The molecule has 0 aliphatic rings. The van der Waals surface area contributed by atoms with E-state index in [1.165, 1.54) is 11.3 Å². The monoisotopic (exact) mass is 270 g/mol. The van der Waals surface area contributed by atoms with Gasteiger partial charge in [0.15, 0.2) is 0 Å². The highest BCUT2D eigenvalue weighted by Crippen LogP contribution is 2.23. The molecule has 5 nitrogen and oxygen atoms in total. The summed E-state index contributed by atoms with van der Waals surface area (Å²) >= 11 is 1.46. The number of nitrogens with zero attached hydrogens (tertiary/aromatic N) is 1. The van der Waals surface area contributed by atoms with Gasteiger partial charge in [-0.3, -0.25) is 0 Å². The minimum absolute atomic E-state index is 0.209. The fourth-order valence-corrected chi connectivity index (χ4v) is 2.18. The largest absolute Gasteiger partial charge is 0.444 e. The van der Waals surface area contributed by atoms with Gasteiger partial charge in [0.2, 0.25) is 0 Å². The maximum Gasteiger partial charge on any atom is 0.408 e. The van der Waals surface area contributed by atoms with Crippen molar-refractivity contribution in [2.24, 2.45) is 0 Å². The summed E-state index contributed by atoms with van der Waals surface area (Å²) in [4.78, 5) is 27.3. The number of rotatable bonds is 4. The van der Waals surface area contributed by atoms with Crippen molar-refractivity contribution in [2.75, 3.05) is 0 Å². The highest BCUT2D eigenvalue weighted by Gasteiger charge is 2.21.